The summed E-state index contributed by atoms with van der Waals surface area (Å²) in [6.45, 7) is 5.16. The van der Waals surface area contributed by atoms with E-state index in [9.17, 15) is 19.2 Å². The quantitative estimate of drug-likeness (QED) is 0.168. The van der Waals surface area contributed by atoms with Crippen molar-refractivity contribution in [1.29, 1.82) is 0 Å². The number of nitrogens with zero attached hydrogens (tertiary/aromatic N) is 4. The number of aromatic nitrogens is 2. The molecule has 5 heterocycles. The van der Waals surface area contributed by atoms with Crippen LogP contribution in [0.1, 0.15) is 90.5 Å². The van der Waals surface area contributed by atoms with Gasteiger partial charge in [0.1, 0.15) is 23.8 Å². The van der Waals surface area contributed by atoms with Crippen LogP contribution in [0.5, 0.6) is 0 Å². The number of ether oxygens (including phenoxy) is 2. The number of aromatic amines is 1. The number of likely N-dealkylation sites (tertiary alicyclic amines) is 2. The largest absolute Gasteiger partial charge is 0.453 e. The average Bonchev–Trinajstić information content (AvgIpc) is 3.98. The van der Waals surface area contributed by atoms with Gasteiger partial charge in [0.25, 0.3) is 0 Å². The summed E-state index contributed by atoms with van der Waals surface area (Å²) in [6.07, 6.45) is 8.21. The van der Waals surface area contributed by atoms with E-state index in [4.69, 9.17) is 4.74 Å². The Labute approximate surface area is 290 Å². The monoisotopic (exact) mass is 680 g/mol. The molecular formula is C36H40N8O6. The lowest BCUT2D eigenvalue weighted by atomic mass is 9.85. The van der Waals surface area contributed by atoms with Gasteiger partial charge < -0.3 is 40.2 Å². The summed E-state index contributed by atoms with van der Waals surface area (Å²) < 4.78 is 10.9. The van der Waals surface area contributed by atoms with Gasteiger partial charge in [-0.15, -0.1) is 0 Å². The highest BCUT2D eigenvalue weighted by molar-refractivity contribution is 5.83. The number of imidazole rings is 1. The molecule has 4 aliphatic rings. The Morgan fingerprint density at radius 2 is 1.74 bits per heavy atom. The Balaban J connectivity index is 1.16. The van der Waals surface area contributed by atoms with Gasteiger partial charge in [-0.05, 0) is 69.2 Å². The molecule has 260 valence electrons. The van der Waals surface area contributed by atoms with Crippen LogP contribution in [-0.4, -0.2) is 96.7 Å². The highest BCUT2D eigenvalue weighted by Crippen LogP contribution is 2.52. The number of hydrogen-bond donors (Lipinski definition) is 4. The summed E-state index contributed by atoms with van der Waals surface area (Å²) in [7, 11) is 1.25. The minimum absolute atomic E-state index is 0.0157. The van der Waals surface area contributed by atoms with Crippen LogP contribution >= 0.6 is 0 Å². The average molecular weight is 681 g/mol. The van der Waals surface area contributed by atoms with Crippen molar-refractivity contribution in [3.8, 4) is 23.7 Å². The second-order valence-electron chi connectivity index (χ2n) is 12.4. The lowest BCUT2D eigenvalue weighted by Gasteiger charge is -2.25. The van der Waals surface area contributed by atoms with E-state index in [0.717, 1.165) is 60.8 Å². The smallest absolute Gasteiger partial charge is 0.407 e. The molecule has 3 fully saturated rings. The number of amides is 4. The zero-order chi connectivity index (χ0) is 35.0. The number of alkyl carbamates (subject to hydrolysis) is 1. The van der Waals surface area contributed by atoms with Gasteiger partial charge >= 0.3 is 6.09 Å². The molecule has 4 N–H and O–H groups in total. The van der Waals surface area contributed by atoms with Crippen molar-refractivity contribution in [3.63, 3.8) is 0 Å². The number of hydrogen-bond acceptors (Lipinski definition) is 9. The predicted octanol–water partition coefficient (Wildman–Crippen LogP) is 1.96. The van der Waals surface area contributed by atoms with Crippen molar-refractivity contribution in [2.45, 2.75) is 62.8 Å². The maximum absolute atomic E-state index is 12.8. The van der Waals surface area contributed by atoms with Crippen LogP contribution in [-0.2, 0) is 23.9 Å². The predicted molar refractivity (Wildman–Crippen MR) is 182 cm³/mol. The fourth-order valence-corrected chi connectivity index (χ4v) is 7.17. The minimum Gasteiger partial charge on any atom is -0.453 e. The second-order valence-corrected chi connectivity index (χ2v) is 12.4. The SMILES string of the molecule is C=N/C=C(/C#Cc1ccc(C#Cc2cnc([C@H]3CCCN3C(=O)CNC(=O)OC)[nH]2)c2c1C1CCC2O1)NCC1CCCN1C(=O)CNC=O. The van der Waals surface area contributed by atoms with Crippen LogP contribution in [0.25, 0.3) is 0 Å². The van der Waals surface area contributed by atoms with Crippen molar-refractivity contribution >= 4 is 31.0 Å². The van der Waals surface area contributed by atoms with E-state index in [1.807, 2.05) is 12.1 Å². The van der Waals surface area contributed by atoms with Gasteiger partial charge in [-0.3, -0.25) is 19.4 Å². The normalized spacial score (nSPS) is 21.7. The fourth-order valence-electron chi connectivity index (χ4n) is 7.17. The maximum atomic E-state index is 12.8. The molecule has 4 atom stereocenters. The van der Waals surface area contributed by atoms with Crippen LogP contribution in [0.4, 0.5) is 4.79 Å². The lowest BCUT2D eigenvalue weighted by Crippen LogP contribution is -2.44. The molecule has 14 heteroatoms. The molecule has 0 aliphatic carbocycles. The molecule has 2 aromatic rings. The van der Waals surface area contributed by atoms with E-state index >= 15 is 0 Å². The summed E-state index contributed by atoms with van der Waals surface area (Å²) in [5.74, 6) is 13.4. The molecule has 3 unspecified atom stereocenters. The number of aliphatic imine (C=N–C) groups is 1. The lowest BCUT2D eigenvalue weighted by molar-refractivity contribution is -0.132. The van der Waals surface area contributed by atoms with Gasteiger partial charge in [0.05, 0.1) is 44.3 Å². The Morgan fingerprint density at radius 1 is 1.02 bits per heavy atom. The summed E-state index contributed by atoms with van der Waals surface area (Å²) in [5, 5.41) is 8.23. The number of allylic oxidation sites excluding steroid dienone is 1. The number of H-pyrrole nitrogens is 1. The first-order valence-corrected chi connectivity index (χ1v) is 16.8. The molecule has 1 aromatic carbocycles. The van der Waals surface area contributed by atoms with Gasteiger partial charge in [-0.2, -0.15) is 0 Å². The fraction of sp³-hybridized carbons (Fsp3) is 0.444. The van der Waals surface area contributed by atoms with E-state index in [-0.39, 0.29) is 49.2 Å². The first-order valence-electron chi connectivity index (χ1n) is 16.8. The molecule has 0 spiro atoms. The molecule has 4 aliphatic heterocycles. The third kappa shape index (κ3) is 7.51. The molecule has 6 rings (SSSR count). The van der Waals surface area contributed by atoms with Crippen molar-refractivity contribution in [2.75, 3.05) is 39.8 Å². The number of methoxy groups -OCH3 is 1. The number of nitrogens with one attached hydrogen (secondary N) is 4. The summed E-state index contributed by atoms with van der Waals surface area (Å²) in [5.41, 5.74) is 5.09. The second kappa shape index (κ2) is 15.7. The van der Waals surface area contributed by atoms with Crippen molar-refractivity contribution in [3.05, 3.63) is 64.0 Å². The Kier molecular flexibility index (Phi) is 10.8. The highest BCUT2D eigenvalue weighted by Gasteiger charge is 2.41. The Hall–Kier alpha value is -5.60. The molecule has 50 heavy (non-hydrogen) atoms. The third-order valence-corrected chi connectivity index (χ3v) is 9.45. The van der Waals surface area contributed by atoms with Crippen molar-refractivity contribution in [2.24, 2.45) is 4.99 Å². The van der Waals surface area contributed by atoms with Gasteiger partial charge in [-0.25, -0.2) is 9.78 Å². The van der Waals surface area contributed by atoms with Gasteiger partial charge in [0.2, 0.25) is 18.2 Å². The zero-order valence-electron chi connectivity index (χ0n) is 27.9. The molecule has 14 nitrogen and oxygen atoms in total. The Bertz CT molecular complexity index is 1810. The standard InChI is InChI=1S/C36H40N8O6/c1-37-17-25(39-19-27-5-3-15-43(27)31(46)20-38-22-45)11-9-23-7-8-24(34-30-14-13-29(50-30)33(23)34)10-12-26-18-40-35(42-26)28-6-4-16-44(28)32(47)21-41-36(48)49-2/h7-8,17-18,22,27-30,39H,1,3-6,13-16,19-21H2,2H3,(H,38,45)(H,40,42)(H,41,48)/b25-17-/t27?,28-,29?,30?/m1/s1. The van der Waals surface area contributed by atoms with Crippen LogP contribution in [0.15, 0.2) is 35.2 Å². The molecule has 0 radical (unpaired) electrons. The summed E-state index contributed by atoms with van der Waals surface area (Å²) in [4.78, 5) is 62.6. The number of fused-ring (bicyclic) bond motifs is 5. The molecule has 1 aromatic heterocycles. The molecule has 3 saturated heterocycles. The van der Waals surface area contributed by atoms with E-state index < -0.39 is 6.09 Å². The van der Waals surface area contributed by atoms with Gasteiger partial charge in [-0.1, -0.05) is 11.8 Å². The Morgan fingerprint density at radius 3 is 2.48 bits per heavy atom. The van der Waals surface area contributed by atoms with Gasteiger partial charge in [0, 0.05) is 47.9 Å². The van der Waals surface area contributed by atoms with E-state index in [1.54, 1.807) is 22.2 Å². The minimum atomic E-state index is -0.651. The van der Waals surface area contributed by atoms with E-state index in [1.165, 1.54) is 7.11 Å². The molecule has 4 amide bonds. The van der Waals surface area contributed by atoms with Crippen LogP contribution in [0, 0.1) is 23.7 Å². The third-order valence-electron chi connectivity index (χ3n) is 9.45. The number of carbonyl (C=O) groups is 4. The molecule has 0 saturated carbocycles. The summed E-state index contributed by atoms with van der Waals surface area (Å²) >= 11 is 0. The van der Waals surface area contributed by atoms with Crippen LogP contribution in [0.3, 0.4) is 0 Å². The molecular weight excluding hydrogens is 640 g/mol. The summed E-state index contributed by atoms with van der Waals surface area (Å²) in [6, 6.07) is 3.71. The first-order chi connectivity index (χ1) is 24.4. The maximum Gasteiger partial charge on any atom is 0.407 e. The van der Waals surface area contributed by atoms with Crippen molar-refractivity contribution < 1.29 is 28.7 Å². The first kappa shape index (κ1) is 34.3. The topological polar surface area (TPSA) is 170 Å². The molecule has 2 bridgehead atoms. The van der Waals surface area contributed by atoms with Crippen LogP contribution in [0.2, 0.25) is 0 Å². The number of benzene rings is 1. The number of rotatable bonds is 10. The van der Waals surface area contributed by atoms with Crippen molar-refractivity contribution in [1.82, 2.24) is 35.7 Å². The van der Waals surface area contributed by atoms with Gasteiger partial charge in [0.15, 0.2) is 0 Å². The number of carbonyl (C=O) groups excluding carboxylic acids is 4. The van der Waals surface area contributed by atoms with E-state index in [2.05, 4.69) is 66.0 Å². The van der Waals surface area contributed by atoms with Crippen LogP contribution < -0.4 is 16.0 Å². The van der Waals surface area contributed by atoms with E-state index in [0.29, 0.717) is 43.3 Å². The highest BCUT2D eigenvalue weighted by atomic mass is 16.5. The zero-order valence-corrected chi connectivity index (χ0v) is 27.9.